The van der Waals surface area contributed by atoms with Crippen LogP contribution in [0, 0.1) is 5.41 Å². The van der Waals surface area contributed by atoms with Gasteiger partial charge in [-0.15, -0.1) is 0 Å². The SMILES string of the molecule is CC1(C)CN(c2c3ccccc3cc3ccccc23)OC1(C)C. The average Bonchev–Trinajstić information content (AvgIpc) is 2.72. The number of hydrogen-bond acceptors (Lipinski definition) is 2. The van der Waals surface area contributed by atoms with Crippen molar-refractivity contribution in [1.29, 1.82) is 0 Å². The fraction of sp³-hybridized carbons (Fsp3) is 0.333. The summed E-state index contributed by atoms with van der Waals surface area (Å²) in [5, 5.41) is 7.13. The van der Waals surface area contributed by atoms with Gasteiger partial charge in [0.1, 0.15) is 0 Å². The molecule has 1 saturated heterocycles. The summed E-state index contributed by atoms with van der Waals surface area (Å²) < 4.78 is 0. The number of hydroxylamine groups is 1. The Bertz CT molecular complexity index is 825. The van der Waals surface area contributed by atoms with Crippen molar-refractivity contribution in [3.63, 3.8) is 0 Å². The van der Waals surface area contributed by atoms with Gasteiger partial charge in [-0.05, 0) is 30.7 Å². The van der Waals surface area contributed by atoms with E-state index in [0.717, 1.165) is 6.54 Å². The van der Waals surface area contributed by atoms with Crippen molar-refractivity contribution in [2.45, 2.75) is 33.3 Å². The van der Waals surface area contributed by atoms with Crippen molar-refractivity contribution in [3.05, 3.63) is 54.6 Å². The molecular weight excluding hydrogens is 282 g/mol. The molecule has 0 amide bonds. The van der Waals surface area contributed by atoms with E-state index in [4.69, 9.17) is 4.84 Å². The maximum Gasteiger partial charge on any atom is 0.0975 e. The van der Waals surface area contributed by atoms with Gasteiger partial charge in [0.05, 0.1) is 17.8 Å². The molecule has 3 aromatic carbocycles. The summed E-state index contributed by atoms with van der Waals surface area (Å²) in [5.41, 5.74) is 1.09. The quantitative estimate of drug-likeness (QED) is 0.547. The van der Waals surface area contributed by atoms with Crippen LogP contribution in [0.3, 0.4) is 0 Å². The molecule has 1 fully saturated rings. The minimum absolute atomic E-state index is 0.0883. The van der Waals surface area contributed by atoms with Crippen molar-refractivity contribution in [1.82, 2.24) is 0 Å². The van der Waals surface area contributed by atoms with Crippen molar-refractivity contribution >= 4 is 27.2 Å². The molecule has 4 rings (SSSR count). The van der Waals surface area contributed by atoms with Gasteiger partial charge in [0.15, 0.2) is 0 Å². The van der Waals surface area contributed by atoms with Crippen molar-refractivity contribution in [3.8, 4) is 0 Å². The van der Waals surface area contributed by atoms with Crippen LogP contribution in [0.1, 0.15) is 27.7 Å². The smallest absolute Gasteiger partial charge is 0.0975 e. The molecule has 1 aliphatic heterocycles. The molecule has 0 saturated carbocycles. The second-order valence-corrected chi connectivity index (χ2v) is 7.69. The van der Waals surface area contributed by atoms with Crippen molar-refractivity contribution < 1.29 is 4.84 Å². The van der Waals surface area contributed by atoms with Crippen LogP contribution in [0.25, 0.3) is 21.5 Å². The molecule has 0 unspecified atom stereocenters. The van der Waals surface area contributed by atoms with Crippen LogP contribution in [0.2, 0.25) is 0 Å². The second-order valence-electron chi connectivity index (χ2n) is 7.69. The summed E-state index contributed by atoms with van der Waals surface area (Å²) in [6.45, 7) is 9.80. The van der Waals surface area contributed by atoms with Crippen LogP contribution in [0.15, 0.2) is 54.6 Å². The molecule has 0 bridgehead atoms. The zero-order chi connectivity index (χ0) is 16.2. The van der Waals surface area contributed by atoms with Crippen LogP contribution in [0.4, 0.5) is 5.69 Å². The number of rotatable bonds is 1. The topological polar surface area (TPSA) is 12.5 Å². The third-order valence-electron chi connectivity index (χ3n) is 5.50. The Labute approximate surface area is 137 Å². The van der Waals surface area contributed by atoms with E-state index < -0.39 is 0 Å². The maximum atomic E-state index is 6.40. The van der Waals surface area contributed by atoms with E-state index in [9.17, 15) is 0 Å². The van der Waals surface area contributed by atoms with Gasteiger partial charge >= 0.3 is 0 Å². The van der Waals surface area contributed by atoms with Gasteiger partial charge in [0, 0.05) is 16.2 Å². The third kappa shape index (κ3) is 2.13. The Morgan fingerprint density at radius 2 is 1.35 bits per heavy atom. The lowest BCUT2D eigenvalue weighted by Gasteiger charge is -2.30. The van der Waals surface area contributed by atoms with Gasteiger partial charge < -0.3 is 0 Å². The van der Waals surface area contributed by atoms with E-state index in [1.165, 1.54) is 27.2 Å². The molecule has 3 aromatic rings. The molecule has 0 aliphatic carbocycles. The molecule has 0 N–H and O–H groups in total. The highest BCUT2D eigenvalue weighted by Crippen LogP contribution is 2.46. The molecule has 2 nitrogen and oxygen atoms in total. The van der Waals surface area contributed by atoms with E-state index >= 15 is 0 Å². The molecule has 2 heteroatoms. The first-order valence-corrected chi connectivity index (χ1v) is 8.26. The van der Waals surface area contributed by atoms with Crippen molar-refractivity contribution in [2.24, 2.45) is 5.41 Å². The fourth-order valence-corrected chi connectivity index (χ4v) is 3.36. The maximum absolute atomic E-state index is 6.40. The summed E-state index contributed by atoms with van der Waals surface area (Å²) in [7, 11) is 0. The first-order valence-electron chi connectivity index (χ1n) is 8.26. The first-order chi connectivity index (χ1) is 10.9. The average molecular weight is 305 g/mol. The predicted molar refractivity (Wildman–Crippen MR) is 97.7 cm³/mol. The third-order valence-corrected chi connectivity index (χ3v) is 5.50. The minimum atomic E-state index is -0.189. The second kappa shape index (κ2) is 4.72. The number of fused-ring (bicyclic) bond motifs is 2. The molecular formula is C21H23NO. The normalized spacial score (nSPS) is 19.6. The summed E-state index contributed by atoms with van der Waals surface area (Å²) in [6, 6.07) is 19.4. The van der Waals surface area contributed by atoms with Gasteiger partial charge in [0.25, 0.3) is 0 Å². The summed E-state index contributed by atoms with van der Waals surface area (Å²) in [5.74, 6) is 0. The molecule has 1 heterocycles. The van der Waals surface area contributed by atoms with Gasteiger partial charge in [-0.1, -0.05) is 62.4 Å². The standard InChI is InChI=1S/C21H23NO/c1-20(2)14-22(23-21(20,3)4)19-17-11-7-5-9-15(17)13-16-10-6-8-12-18(16)19/h5-13H,14H2,1-4H3. The largest absolute Gasteiger partial charge is 0.267 e. The zero-order valence-corrected chi connectivity index (χ0v) is 14.3. The lowest BCUT2D eigenvalue weighted by Crippen LogP contribution is -2.36. The van der Waals surface area contributed by atoms with Crippen LogP contribution < -0.4 is 5.06 Å². The van der Waals surface area contributed by atoms with Crippen LogP contribution in [-0.2, 0) is 4.84 Å². The van der Waals surface area contributed by atoms with Gasteiger partial charge in [-0.25, -0.2) is 0 Å². The highest BCUT2D eigenvalue weighted by Gasteiger charge is 2.48. The molecule has 0 atom stereocenters. The minimum Gasteiger partial charge on any atom is -0.267 e. The monoisotopic (exact) mass is 305 g/mol. The first kappa shape index (κ1) is 14.5. The highest BCUT2D eigenvalue weighted by atomic mass is 16.7. The molecule has 1 aliphatic rings. The van der Waals surface area contributed by atoms with Crippen LogP contribution >= 0.6 is 0 Å². The molecule has 0 spiro atoms. The Kier molecular flexibility index (Phi) is 2.98. The van der Waals surface area contributed by atoms with E-state index in [1.54, 1.807) is 0 Å². The van der Waals surface area contributed by atoms with E-state index in [1.807, 2.05) is 0 Å². The van der Waals surface area contributed by atoms with Gasteiger partial charge in [-0.2, -0.15) is 0 Å². The highest BCUT2D eigenvalue weighted by molar-refractivity contribution is 6.11. The summed E-state index contributed by atoms with van der Waals surface area (Å²) in [4.78, 5) is 6.40. The lowest BCUT2D eigenvalue weighted by molar-refractivity contribution is -0.0296. The van der Waals surface area contributed by atoms with Gasteiger partial charge in [-0.3, -0.25) is 9.90 Å². The Balaban J connectivity index is 2.01. The molecule has 0 radical (unpaired) electrons. The Morgan fingerprint density at radius 1 is 0.826 bits per heavy atom. The Morgan fingerprint density at radius 3 is 1.83 bits per heavy atom. The number of benzene rings is 3. The Hall–Kier alpha value is -2.06. The molecule has 118 valence electrons. The van der Waals surface area contributed by atoms with E-state index in [-0.39, 0.29) is 11.0 Å². The van der Waals surface area contributed by atoms with Crippen LogP contribution in [0.5, 0.6) is 0 Å². The number of hydrogen-bond donors (Lipinski definition) is 0. The van der Waals surface area contributed by atoms with E-state index in [2.05, 4.69) is 87.4 Å². The van der Waals surface area contributed by atoms with Gasteiger partial charge in [0.2, 0.25) is 0 Å². The number of nitrogens with zero attached hydrogens (tertiary/aromatic N) is 1. The summed E-state index contributed by atoms with van der Waals surface area (Å²) in [6.07, 6.45) is 0. The zero-order valence-electron chi connectivity index (χ0n) is 14.3. The lowest BCUT2D eigenvalue weighted by atomic mass is 9.78. The van der Waals surface area contributed by atoms with Crippen molar-refractivity contribution in [2.75, 3.05) is 11.6 Å². The summed E-state index contributed by atoms with van der Waals surface area (Å²) >= 11 is 0. The number of anilines is 1. The van der Waals surface area contributed by atoms with E-state index in [0.29, 0.717) is 0 Å². The molecule has 0 aromatic heterocycles. The fourth-order valence-electron chi connectivity index (χ4n) is 3.36. The van der Waals surface area contributed by atoms with Crippen LogP contribution in [-0.4, -0.2) is 12.1 Å². The predicted octanol–water partition coefficient (Wildman–Crippen LogP) is 5.55. The molecule has 23 heavy (non-hydrogen) atoms.